The first kappa shape index (κ1) is 14.7. The van der Waals surface area contributed by atoms with Gasteiger partial charge in [-0.3, -0.25) is 0 Å². The standard InChI is InChI=1S/C10H6F4N4O3/c11-6-1-5(18-3-7(9(19)20)16-17-18)2-15-8(6)21-4-10(12,13)14/h1-3H,4H2,(H,19,20). The highest BCUT2D eigenvalue weighted by Gasteiger charge is 2.29. The van der Waals surface area contributed by atoms with Crippen LogP contribution >= 0.6 is 0 Å². The average molecular weight is 306 g/mol. The van der Waals surface area contributed by atoms with Crippen LogP contribution in [-0.4, -0.2) is 43.8 Å². The van der Waals surface area contributed by atoms with Gasteiger partial charge in [-0.1, -0.05) is 5.21 Å². The number of rotatable bonds is 4. The van der Waals surface area contributed by atoms with Gasteiger partial charge in [0.2, 0.25) is 0 Å². The first-order valence-electron chi connectivity index (χ1n) is 5.27. The molecule has 0 saturated heterocycles. The van der Waals surface area contributed by atoms with Crippen molar-refractivity contribution < 1.29 is 32.2 Å². The molecule has 1 N–H and O–H groups in total. The van der Waals surface area contributed by atoms with Crippen LogP contribution in [0.1, 0.15) is 10.5 Å². The zero-order chi connectivity index (χ0) is 15.6. The number of halogens is 4. The molecule has 112 valence electrons. The lowest BCUT2D eigenvalue weighted by atomic mass is 10.4. The molecule has 2 rings (SSSR count). The lowest BCUT2D eigenvalue weighted by Gasteiger charge is -2.09. The van der Waals surface area contributed by atoms with Crippen molar-refractivity contribution in [1.82, 2.24) is 20.0 Å². The lowest BCUT2D eigenvalue weighted by Crippen LogP contribution is -2.20. The summed E-state index contributed by atoms with van der Waals surface area (Å²) in [4.78, 5) is 14.0. The molecule has 0 saturated carbocycles. The maximum atomic E-state index is 13.5. The lowest BCUT2D eigenvalue weighted by molar-refractivity contribution is -0.154. The summed E-state index contributed by atoms with van der Waals surface area (Å²) in [6.07, 6.45) is -2.65. The Morgan fingerprint density at radius 3 is 2.67 bits per heavy atom. The fraction of sp³-hybridized carbons (Fsp3) is 0.200. The van der Waals surface area contributed by atoms with Crippen LogP contribution in [0.2, 0.25) is 0 Å². The number of carboxylic acid groups (broad SMARTS) is 1. The molecule has 0 fully saturated rings. The van der Waals surface area contributed by atoms with Crippen molar-refractivity contribution in [2.75, 3.05) is 6.61 Å². The Balaban J connectivity index is 2.20. The molecule has 0 aliphatic rings. The van der Waals surface area contributed by atoms with E-state index in [-0.39, 0.29) is 11.4 Å². The second-order valence-corrected chi connectivity index (χ2v) is 3.74. The third-order valence-electron chi connectivity index (χ3n) is 2.14. The third-order valence-corrected chi connectivity index (χ3v) is 2.14. The first-order chi connectivity index (χ1) is 9.76. The summed E-state index contributed by atoms with van der Waals surface area (Å²) >= 11 is 0. The minimum absolute atomic E-state index is 0.0214. The molecule has 0 unspecified atom stereocenters. The zero-order valence-corrected chi connectivity index (χ0v) is 10.0. The molecule has 7 nitrogen and oxygen atoms in total. The highest BCUT2D eigenvalue weighted by Crippen LogP contribution is 2.20. The van der Waals surface area contributed by atoms with Crippen LogP contribution in [0, 0.1) is 5.82 Å². The van der Waals surface area contributed by atoms with Gasteiger partial charge in [0.05, 0.1) is 18.1 Å². The molecule has 0 aromatic carbocycles. The molecule has 0 spiro atoms. The van der Waals surface area contributed by atoms with E-state index >= 15 is 0 Å². The molecule has 0 radical (unpaired) electrons. The minimum Gasteiger partial charge on any atom is -0.476 e. The highest BCUT2D eigenvalue weighted by molar-refractivity contribution is 5.84. The van der Waals surface area contributed by atoms with E-state index in [0.717, 1.165) is 23.1 Å². The van der Waals surface area contributed by atoms with E-state index in [9.17, 15) is 22.4 Å². The van der Waals surface area contributed by atoms with Crippen LogP contribution in [0.4, 0.5) is 17.6 Å². The molecule has 2 aromatic heterocycles. The number of alkyl halides is 3. The van der Waals surface area contributed by atoms with Gasteiger partial charge < -0.3 is 9.84 Å². The number of nitrogens with zero attached hydrogens (tertiary/aromatic N) is 4. The van der Waals surface area contributed by atoms with Gasteiger partial charge in [-0.05, 0) is 0 Å². The van der Waals surface area contributed by atoms with Gasteiger partial charge >= 0.3 is 12.1 Å². The number of carbonyl (C=O) groups is 1. The molecular formula is C10H6F4N4O3. The Bertz CT molecular complexity index is 671. The fourth-order valence-corrected chi connectivity index (χ4v) is 1.28. The normalized spacial score (nSPS) is 11.4. The largest absolute Gasteiger partial charge is 0.476 e. The minimum atomic E-state index is -4.62. The molecule has 0 atom stereocenters. The van der Waals surface area contributed by atoms with Crippen LogP contribution < -0.4 is 4.74 Å². The predicted molar refractivity (Wildman–Crippen MR) is 57.6 cm³/mol. The smallest absolute Gasteiger partial charge is 0.422 e. The second kappa shape index (κ2) is 5.34. The van der Waals surface area contributed by atoms with Crippen molar-refractivity contribution in [3.05, 3.63) is 30.0 Å². The van der Waals surface area contributed by atoms with Crippen LogP contribution in [0.3, 0.4) is 0 Å². The van der Waals surface area contributed by atoms with Gasteiger partial charge in [0.15, 0.2) is 18.1 Å². The number of aromatic nitrogens is 4. The van der Waals surface area contributed by atoms with Crippen molar-refractivity contribution >= 4 is 5.97 Å². The summed E-state index contributed by atoms with van der Waals surface area (Å²) < 4.78 is 54.5. The Hall–Kier alpha value is -2.72. The summed E-state index contributed by atoms with van der Waals surface area (Å²) in [5.74, 6) is -3.31. The van der Waals surface area contributed by atoms with Crippen LogP contribution in [0.5, 0.6) is 5.88 Å². The van der Waals surface area contributed by atoms with Gasteiger partial charge in [0.25, 0.3) is 5.88 Å². The molecule has 2 heterocycles. The molecule has 0 aliphatic carbocycles. The van der Waals surface area contributed by atoms with Gasteiger partial charge in [0, 0.05) is 6.07 Å². The second-order valence-electron chi connectivity index (χ2n) is 3.74. The Kier molecular flexibility index (Phi) is 3.74. The van der Waals surface area contributed by atoms with Gasteiger partial charge in [-0.2, -0.15) is 13.2 Å². The molecule has 0 bridgehead atoms. The van der Waals surface area contributed by atoms with E-state index in [0.29, 0.717) is 0 Å². The molecular weight excluding hydrogens is 300 g/mol. The highest BCUT2D eigenvalue weighted by atomic mass is 19.4. The van der Waals surface area contributed by atoms with Gasteiger partial charge in [-0.25, -0.2) is 18.9 Å². The van der Waals surface area contributed by atoms with E-state index in [1.54, 1.807) is 0 Å². The quantitative estimate of drug-likeness (QED) is 0.860. The molecule has 0 amide bonds. The van der Waals surface area contributed by atoms with Crippen molar-refractivity contribution in [1.29, 1.82) is 0 Å². The van der Waals surface area contributed by atoms with Crippen LogP contribution in [0.15, 0.2) is 18.5 Å². The number of aromatic carboxylic acids is 1. The Morgan fingerprint density at radius 2 is 2.14 bits per heavy atom. The molecule has 11 heteroatoms. The fourth-order valence-electron chi connectivity index (χ4n) is 1.28. The molecule has 0 aliphatic heterocycles. The van der Waals surface area contributed by atoms with Crippen molar-refractivity contribution in [3.8, 4) is 11.6 Å². The summed E-state index contributed by atoms with van der Waals surface area (Å²) in [5, 5.41) is 15.4. The van der Waals surface area contributed by atoms with E-state index in [4.69, 9.17) is 5.11 Å². The average Bonchev–Trinajstić information content (AvgIpc) is 2.85. The summed E-state index contributed by atoms with van der Waals surface area (Å²) in [7, 11) is 0. The number of hydrogen-bond acceptors (Lipinski definition) is 5. The summed E-state index contributed by atoms with van der Waals surface area (Å²) in [5.41, 5.74) is -0.403. The van der Waals surface area contributed by atoms with E-state index < -0.39 is 30.4 Å². The number of pyridine rings is 1. The monoisotopic (exact) mass is 306 g/mol. The first-order valence-corrected chi connectivity index (χ1v) is 5.27. The number of carboxylic acids is 1. The predicted octanol–water partition coefficient (Wildman–Crippen LogP) is 1.44. The van der Waals surface area contributed by atoms with E-state index in [1.807, 2.05) is 0 Å². The molecule has 2 aromatic rings. The van der Waals surface area contributed by atoms with E-state index in [2.05, 4.69) is 20.0 Å². The van der Waals surface area contributed by atoms with Crippen molar-refractivity contribution in [2.45, 2.75) is 6.18 Å². The number of hydrogen-bond donors (Lipinski definition) is 1. The summed E-state index contributed by atoms with van der Waals surface area (Å²) in [6.45, 7) is -1.68. The number of ether oxygens (including phenoxy) is 1. The van der Waals surface area contributed by atoms with Gasteiger partial charge in [-0.15, -0.1) is 5.10 Å². The topological polar surface area (TPSA) is 90.1 Å². The van der Waals surface area contributed by atoms with Crippen molar-refractivity contribution in [3.63, 3.8) is 0 Å². The SMILES string of the molecule is O=C(O)c1cn(-c2cnc(OCC(F)(F)F)c(F)c2)nn1. The Labute approximate surface area is 113 Å². The van der Waals surface area contributed by atoms with Crippen LogP contribution in [-0.2, 0) is 0 Å². The maximum absolute atomic E-state index is 13.5. The maximum Gasteiger partial charge on any atom is 0.422 e. The van der Waals surface area contributed by atoms with Crippen LogP contribution in [0.25, 0.3) is 5.69 Å². The van der Waals surface area contributed by atoms with Gasteiger partial charge in [0.1, 0.15) is 0 Å². The van der Waals surface area contributed by atoms with Crippen molar-refractivity contribution in [2.24, 2.45) is 0 Å². The summed E-state index contributed by atoms with van der Waals surface area (Å²) in [6, 6.07) is 0.791. The zero-order valence-electron chi connectivity index (χ0n) is 10.0. The third kappa shape index (κ3) is 3.64. The molecule has 21 heavy (non-hydrogen) atoms. The Morgan fingerprint density at radius 1 is 1.43 bits per heavy atom. The van der Waals surface area contributed by atoms with E-state index in [1.165, 1.54) is 0 Å².